The molecule has 0 spiro atoms. The fourth-order valence-corrected chi connectivity index (χ4v) is 3.95. The van der Waals surface area contributed by atoms with Crippen molar-refractivity contribution in [3.05, 3.63) is 12.2 Å². The Morgan fingerprint density at radius 3 is 1.85 bits per heavy atom. The van der Waals surface area contributed by atoms with Crippen LogP contribution in [0.1, 0.15) is 104 Å². The number of aliphatic hydroxyl groups excluding tert-OH is 2. The van der Waals surface area contributed by atoms with Gasteiger partial charge in [-0.25, -0.2) is 0 Å². The van der Waals surface area contributed by atoms with Gasteiger partial charge in [-0.3, -0.25) is 4.79 Å². The lowest BCUT2D eigenvalue weighted by Gasteiger charge is -2.35. The molecule has 4 heteroatoms. The molecule has 0 aliphatic heterocycles. The summed E-state index contributed by atoms with van der Waals surface area (Å²) in [5.74, 6) is -0.312. The number of allylic oxidation sites excluding steroid dienone is 2. The molecular formula is C23H45NO3. The molecule has 0 aromatic heterocycles. The van der Waals surface area contributed by atoms with Gasteiger partial charge in [0.15, 0.2) is 0 Å². The van der Waals surface area contributed by atoms with E-state index in [0.717, 1.165) is 25.7 Å². The van der Waals surface area contributed by atoms with Crippen LogP contribution in [-0.4, -0.2) is 29.3 Å². The molecule has 1 atom stereocenters. The number of amides is 1. The van der Waals surface area contributed by atoms with Crippen molar-refractivity contribution in [2.24, 2.45) is 17.1 Å². The van der Waals surface area contributed by atoms with E-state index < -0.39 is 11.3 Å². The number of carbonyl (C=O) groups is 1. The van der Waals surface area contributed by atoms with E-state index in [1.54, 1.807) is 0 Å². The smallest absolute Gasteiger partial charge is 0.224 e. The minimum atomic E-state index is -0.777. The first-order valence-corrected chi connectivity index (χ1v) is 11.2. The van der Waals surface area contributed by atoms with E-state index in [1.807, 2.05) is 6.92 Å². The van der Waals surface area contributed by atoms with Crippen LogP contribution in [0.25, 0.3) is 0 Å². The van der Waals surface area contributed by atoms with Gasteiger partial charge < -0.3 is 15.9 Å². The van der Waals surface area contributed by atoms with E-state index in [0.29, 0.717) is 12.8 Å². The first kappa shape index (κ1) is 26.1. The Balaban J connectivity index is 3.89. The highest BCUT2D eigenvalue weighted by Gasteiger charge is 2.40. The van der Waals surface area contributed by atoms with E-state index in [4.69, 9.17) is 5.73 Å². The standard InChI is InChI=1S/C23H45NO3/c1-3-4-5-6-7-8-9-10-11-12-13-14-15-16-21(2)23(17-19-25,18-20-26)22(24)27/h10-11,21,25-26H,3-9,12-20H2,1-2H3,(H2,24,27). The van der Waals surface area contributed by atoms with Crippen molar-refractivity contribution in [2.45, 2.75) is 104 Å². The second kappa shape index (κ2) is 17.2. The monoisotopic (exact) mass is 383 g/mol. The van der Waals surface area contributed by atoms with E-state index in [9.17, 15) is 15.0 Å². The fourth-order valence-electron chi connectivity index (χ4n) is 3.95. The van der Waals surface area contributed by atoms with Gasteiger partial charge in [0.1, 0.15) is 0 Å². The quantitative estimate of drug-likeness (QED) is 0.214. The Morgan fingerprint density at radius 1 is 0.889 bits per heavy atom. The molecule has 0 heterocycles. The zero-order valence-corrected chi connectivity index (χ0v) is 17.9. The Labute approximate surface area is 167 Å². The molecular weight excluding hydrogens is 338 g/mol. The van der Waals surface area contributed by atoms with Crippen molar-refractivity contribution in [3.63, 3.8) is 0 Å². The van der Waals surface area contributed by atoms with Crippen LogP contribution in [0.5, 0.6) is 0 Å². The van der Waals surface area contributed by atoms with Gasteiger partial charge in [0.25, 0.3) is 0 Å². The normalized spacial score (nSPS) is 13.3. The molecule has 27 heavy (non-hydrogen) atoms. The summed E-state index contributed by atoms with van der Waals surface area (Å²) in [5.41, 5.74) is 4.84. The molecule has 0 bridgehead atoms. The Hall–Kier alpha value is -0.870. The molecule has 4 nitrogen and oxygen atoms in total. The van der Waals surface area contributed by atoms with E-state index in [2.05, 4.69) is 19.1 Å². The molecule has 0 saturated carbocycles. The largest absolute Gasteiger partial charge is 0.396 e. The molecule has 0 radical (unpaired) electrons. The summed E-state index contributed by atoms with van der Waals surface area (Å²) in [6.07, 6.45) is 20.0. The molecule has 0 rings (SSSR count). The Kier molecular flexibility index (Phi) is 16.7. The molecule has 160 valence electrons. The van der Waals surface area contributed by atoms with Crippen LogP contribution in [-0.2, 0) is 4.79 Å². The van der Waals surface area contributed by atoms with Crippen LogP contribution in [0.2, 0.25) is 0 Å². The predicted octanol–water partition coefficient (Wildman–Crippen LogP) is 5.12. The molecule has 0 aromatic carbocycles. The fraction of sp³-hybridized carbons (Fsp3) is 0.870. The van der Waals surface area contributed by atoms with Crippen molar-refractivity contribution in [3.8, 4) is 0 Å². The number of primary amides is 1. The third-order valence-electron chi connectivity index (χ3n) is 5.95. The van der Waals surface area contributed by atoms with Crippen LogP contribution in [0.15, 0.2) is 12.2 Å². The molecule has 4 N–H and O–H groups in total. The zero-order valence-electron chi connectivity index (χ0n) is 17.9. The summed E-state index contributed by atoms with van der Waals surface area (Å²) in [5, 5.41) is 18.6. The van der Waals surface area contributed by atoms with Crippen molar-refractivity contribution in [2.75, 3.05) is 13.2 Å². The van der Waals surface area contributed by atoms with Gasteiger partial charge in [-0.15, -0.1) is 0 Å². The number of unbranched alkanes of at least 4 members (excludes halogenated alkanes) is 9. The topological polar surface area (TPSA) is 83.6 Å². The number of nitrogens with two attached hydrogens (primary N) is 1. The minimum Gasteiger partial charge on any atom is -0.396 e. The average Bonchev–Trinajstić information content (AvgIpc) is 2.64. The van der Waals surface area contributed by atoms with Gasteiger partial charge in [0, 0.05) is 13.2 Å². The van der Waals surface area contributed by atoms with Crippen LogP contribution in [0, 0.1) is 11.3 Å². The molecule has 0 aliphatic carbocycles. The maximum absolute atomic E-state index is 12.0. The molecule has 0 aromatic rings. The van der Waals surface area contributed by atoms with Crippen LogP contribution >= 0.6 is 0 Å². The summed E-state index contributed by atoms with van der Waals surface area (Å²) >= 11 is 0. The zero-order chi connectivity index (χ0) is 20.4. The summed E-state index contributed by atoms with van der Waals surface area (Å²) in [4.78, 5) is 12.0. The van der Waals surface area contributed by atoms with Crippen LogP contribution in [0.3, 0.4) is 0 Å². The lowest BCUT2D eigenvalue weighted by atomic mass is 9.69. The average molecular weight is 384 g/mol. The van der Waals surface area contributed by atoms with Crippen molar-refractivity contribution in [1.29, 1.82) is 0 Å². The van der Waals surface area contributed by atoms with E-state index in [1.165, 1.54) is 51.4 Å². The SMILES string of the molecule is CCCCCCCCC=CCCCCCC(C)C(CCO)(CCO)C(N)=O. The minimum absolute atomic E-state index is 0.0727. The highest BCUT2D eigenvalue weighted by molar-refractivity contribution is 5.81. The summed E-state index contributed by atoms with van der Waals surface area (Å²) in [6.45, 7) is 4.13. The second-order valence-electron chi connectivity index (χ2n) is 8.03. The van der Waals surface area contributed by atoms with Gasteiger partial charge in [0.2, 0.25) is 5.91 Å². The third kappa shape index (κ3) is 11.5. The summed E-state index contributed by atoms with van der Waals surface area (Å²) < 4.78 is 0. The number of rotatable bonds is 19. The highest BCUT2D eigenvalue weighted by Crippen LogP contribution is 2.38. The summed E-state index contributed by atoms with van der Waals surface area (Å²) in [6, 6.07) is 0. The van der Waals surface area contributed by atoms with E-state index in [-0.39, 0.29) is 19.1 Å². The van der Waals surface area contributed by atoms with Gasteiger partial charge in [-0.05, 0) is 50.9 Å². The van der Waals surface area contributed by atoms with Gasteiger partial charge >= 0.3 is 0 Å². The van der Waals surface area contributed by atoms with Crippen LogP contribution < -0.4 is 5.73 Å². The van der Waals surface area contributed by atoms with Crippen molar-refractivity contribution >= 4 is 5.91 Å². The first-order valence-electron chi connectivity index (χ1n) is 11.2. The molecule has 0 fully saturated rings. The summed E-state index contributed by atoms with van der Waals surface area (Å²) in [7, 11) is 0. The number of hydrogen-bond donors (Lipinski definition) is 3. The molecule has 1 amide bonds. The molecule has 0 saturated heterocycles. The second-order valence-corrected chi connectivity index (χ2v) is 8.03. The Bertz CT molecular complexity index is 376. The van der Waals surface area contributed by atoms with Gasteiger partial charge in [-0.2, -0.15) is 0 Å². The maximum Gasteiger partial charge on any atom is 0.224 e. The number of hydrogen-bond acceptors (Lipinski definition) is 3. The van der Waals surface area contributed by atoms with Gasteiger partial charge in [0.05, 0.1) is 5.41 Å². The number of aliphatic hydroxyl groups is 2. The lowest BCUT2D eigenvalue weighted by molar-refractivity contribution is -0.133. The third-order valence-corrected chi connectivity index (χ3v) is 5.95. The lowest BCUT2D eigenvalue weighted by Crippen LogP contribution is -2.44. The predicted molar refractivity (Wildman–Crippen MR) is 114 cm³/mol. The van der Waals surface area contributed by atoms with Gasteiger partial charge in [-0.1, -0.05) is 70.9 Å². The first-order chi connectivity index (χ1) is 13.0. The van der Waals surface area contributed by atoms with Crippen molar-refractivity contribution < 1.29 is 15.0 Å². The number of carbonyl (C=O) groups excluding carboxylic acids is 1. The Morgan fingerprint density at radius 2 is 1.37 bits per heavy atom. The van der Waals surface area contributed by atoms with Crippen molar-refractivity contribution in [1.82, 2.24) is 0 Å². The maximum atomic E-state index is 12.0. The highest BCUT2D eigenvalue weighted by atomic mass is 16.3. The van der Waals surface area contributed by atoms with Crippen LogP contribution in [0.4, 0.5) is 0 Å². The molecule has 0 aliphatic rings. The van der Waals surface area contributed by atoms with E-state index >= 15 is 0 Å². The molecule has 1 unspecified atom stereocenters.